The zero-order chi connectivity index (χ0) is 19.4. The van der Waals surface area contributed by atoms with Crippen LogP contribution in [0.1, 0.15) is 17.5 Å². The molecule has 0 bridgehead atoms. The van der Waals surface area contributed by atoms with Gasteiger partial charge in [-0.05, 0) is 43.3 Å². The third kappa shape index (κ3) is 4.48. The van der Waals surface area contributed by atoms with Gasteiger partial charge in [-0.3, -0.25) is 4.79 Å². The lowest BCUT2D eigenvalue weighted by molar-refractivity contribution is -0.123. The Morgan fingerprint density at radius 3 is 2.63 bits per heavy atom. The molecule has 0 radical (unpaired) electrons. The van der Waals surface area contributed by atoms with Gasteiger partial charge in [-0.25, -0.2) is 9.78 Å². The number of furan rings is 1. The molecule has 2 heterocycles. The van der Waals surface area contributed by atoms with E-state index in [4.69, 9.17) is 32.4 Å². The Hall–Kier alpha value is -2.83. The smallest absolute Gasteiger partial charge is 0.375 e. The summed E-state index contributed by atoms with van der Waals surface area (Å²) in [7, 11) is 0. The molecular formula is C19H14Cl2N2O4. The maximum atomic E-state index is 12.2. The van der Waals surface area contributed by atoms with Crippen molar-refractivity contribution in [3.05, 3.63) is 70.7 Å². The molecule has 3 aromatic rings. The summed E-state index contributed by atoms with van der Waals surface area (Å²) in [5.41, 5.74) is 0.973. The van der Waals surface area contributed by atoms with E-state index in [0.29, 0.717) is 22.0 Å². The predicted octanol–water partition coefficient (Wildman–Crippen LogP) is 4.83. The van der Waals surface area contributed by atoms with Gasteiger partial charge in [-0.2, -0.15) is 0 Å². The third-order valence-electron chi connectivity index (χ3n) is 3.62. The molecule has 1 amide bonds. The number of ether oxygens (including phenoxy) is 1. The Labute approximate surface area is 165 Å². The molecule has 1 aromatic carbocycles. The summed E-state index contributed by atoms with van der Waals surface area (Å²) in [6.45, 7) is 1.44. The van der Waals surface area contributed by atoms with Crippen molar-refractivity contribution in [1.29, 1.82) is 0 Å². The number of benzene rings is 1. The molecule has 0 unspecified atom stereocenters. The van der Waals surface area contributed by atoms with Gasteiger partial charge in [0.15, 0.2) is 11.3 Å². The zero-order valence-corrected chi connectivity index (χ0v) is 15.6. The fourth-order valence-electron chi connectivity index (χ4n) is 2.24. The molecule has 0 fully saturated rings. The van der Waals surface area contributed by atoms with Crippen LogP contribution in [0.2, 0.25) is 10.2 Å². The first-order chi connectivity index (χ1) is 13.0. The van der Waals surface area contributed by atoms with Crippen molar-refractivity contribution in [2.45, 2.75) is 13.0 Å². The van der Waals surface area contributed by atoms with Gasteiger partial charge in [-0.15, -0.1) is 0 Å². The van der Waals surface area contributed by atoms with E-state index in [1.807, 2.05) is 0 Å². The number of pyridine rings is 1. The van der Waals surface area contributed by atoms with Gasteiger partial charge < -0.3 is 14.5 Å². The number of nitrogens with one attached hydrogen (secondary N) is 1. The zero-order valence-electron chi connectivity index (χ0n) is 14.1. The second-order valence-electron chi connectivity index (χ2n) is 5.52. The molecule has 0 saturated carbocycles. The molecule has 0 aliphatic heterocycles. The van der Waals surface area contributed by atoms with Crippen molar-refractivity contribution >= 4 is 40.8 Å². The highest BCUT2D eigenvalue weighted by Crippen LogP contribution is 2.29. The van der Waals surface area contributed by atoms with E-state index in [-0.39, 0.29) is 10.9 Å². The van der Waals surface area contributed by atoms with E-state index in [0.717, 1.165) is 0 Å². The van der Waals surface area contributed by atoms with Crippen molar-refractivity contribution in [2.75, 3.05) is 5.32 Å². The molecule has 1 N–H and O–H groups in total. The summed E-state index contributed by atoms with van der Waals surface area (Å²) < 4.78 is 10.7. The van der Waals surface area contributed by atoms with Crippen LogP contribution in [0.25, 0.3) is 11.3 Å². The van der Waals surface area contributed by atoms with Crippen molar-refractivity contribution < 1.29 is 18.7 Å². The lowest BCUT2D eigenvalue weighted by atomic mass is 10.2. The van der Waals surface area contributed by atoms with Crippen LogP contribution in [0.5, 0.6) is 0 Å². The number of carbonyl (C=O) groups excluding carboxylic acids is 2. The molecule has 138 valence electrons. The van der Waals surface area contributed by atoms with Gasteiger partial charge in [0.05, 0.1) is 10.7 Å². The molecule has 0 aliphatic carbocycles. The van der Waals surface area contributed by atoms with Crippen LogP contribution in [0.3, 0.4) is 0 Å². The molecule has 3 rings (SSSR count). The van der Waals surface area contributed by atoms with Gasteiger partial charge in [-0.1, -0.05) is 35.3 Å². The molecule has 8 heteroatoms. The Kier molecular flexibility index (Phi) is 5.78. The van der Waals surface area contributed by atoms with Crippen LogP contribution in [0, 0.1) is 0 Å². The van der Waals surface area contributed by atoms with Gasteiger partial charge in [0.2, 0.25) is 5.76 Å². The number of hydrogen-bond acceptors (Lipinski definition) is 5. The van der Waals surface area contributed by atoms with E-state index >= 15 is 0 Å². The number of amides is 1. The molecular weight excluding hydrogens is 391 g/mol. The second kappa shape index (κ2) is 8.24. The standard InChI is InChI=1S/C19H14Cl2N2O4/c1-11(18(24)23-14-7-4-10-22-17(14)21)26-19(25)16-9-8-15(27-16)12-5-2-3-6-13(12)20/h2-11H,1H3,(H,23,24)/t11-/m0/s1. The SMILES string of the molecule is C[C@H](OC(=O)c1ccc(-c2ccccc2Cl)o1)C(=O)Nc1cccnc1Cl. The van der Waals surface area contributed by atoms with Crippen LogP contribution < -0.4 is 5.32 Å². The fraction of sp³-hybridized carbons (Fsp3) is 0.105. The lowest BCUT2D eigenvalue weighted by Crippen LogP contribution is -2.30. The summed E-state index contributed by atoms with van der Waals surface area (Å²) in [6, 6.07) is 13.4. The highest BCUT2D eigenvalue weighted by atomic mass is 35.5. The molecule has 6 nitrogen and oxygen atoms in total. The minimum atomic E-state index is -1.07. The van der Waals surface area contributed by atoms with Gasteiger partial charge in [0.25, 0.3) is 5.91 Å². The Morgan fingerprint density at radius 2 is 1.89 bits per heavy atom. The first kappa shape index (κ1) is 18.9. The summed E-state index contributed by atoms with van der Waals surface area (Å²) in [4.78, 5) is 28.3. The Balaban J connectivity index is 1.66. The summed E-state index contributed by atoms with van der Waals surface area (Å²) >= 11 is 12.0. The number of esters is 1. The minimum Gasteiger partial charge on any atom is -0.449 e. The monoisotopic (exact) mass is 404 g/mol. The van der Waals surface area contributed by atoms with Gasteiger partial charge >= 0.3 is 5.97 Å². The average molecular weight is 405 g/mol. The second-order valence-corrected chi connectivity index (χ2v) is 6.29. The largest absolute Gasteiger partial charge is 0.449 e. The van der Waals surface area contributed by atoms with Crippen LogP contribution in [-0.2, 0) is 9.53 Å². The number of halogens is 2. The number of nitrogens with zero attached hydrogens (tertiary/aromatic N) is 1. The molecule has 0 saturated heterocycles. The number of aromatic nitrogens is 1. The topological polar surface area (TPSA) is 81.4 Å². The van der Waals surface area contributed by atoms with E-state index < -0.39 is 18.0 Å². The van der Waals surface area contributed by atoms with E-state index in [1.54, 1.807) is 42.5 Å². The van der Waals surface area contributed by atoms with Crippen molar-refractivity contribution in [3.8, 4) is 11.3 Å². The number of rotatable bonds is 5. The predicted molar refractivity (Wildman–Crippen MR) is 102 cm³/mol. The van der Waals surface area contributed by atoms with Crippen LogP contribution in [0.15, 0.2) is 59.1 Å². The first-order valence-electron chi connectivity index (χ1n) is 7.93. The Bertz CT molecular complexity index is 987. The Morgan fingerprint density at radius 1 is 1.11 bits per heavy atom. The molecule has 0 aliphatic rings. The number of hydrogen-bond donors (Lipinski definition) is 1. The lowest BCUT2D eigenvalue weighted by Gasteiger charge is -2.13. The highest BCUT2D eigenvalue weighted by Gasteiger charge is 2.22. The van der Waals surface area contributed by atoms with Crippen molar-refractivity contribution in [3.63, 3.8) is 0 Å². The molecule has 1 atom stereocenters. The average Bonchev–Trinajstić information content (AvgIpc) is 3.14. The maximum Gasteiger partial charge on any atom is 0.375 e. The number of carbonyl (C=O) groups is 2. The van der Waals surface area contributed by atoms with Crippen LogP contribution in [0.4, 0.5) is 5.69 Å². The highest BCUT2D eigenvalue weighted by molar-refractivity contribution is 6.33. The summed E-state index contributed by atoms with van der Waals surface area (Å²) in [5, 5.41) is 3.18. The van der Waals surface area contributed by atoms with Gasteiger partial charge in [0, 0.05) is 11.8 Å². The minimum absolute atomic E-state index is 0.0380. The summed E-state index contributed by atoms with van der Waals surface area (Å²) in [6.07, 6.45) is 0.428. The van der Waals surface area contributed by atoms with Gasteiger partial charge in [0.1, 0.15) is 5.76 Å². The summed E-state index contributed by atoms with van der Waals surface area (Å²) in [5.74, 6) is -0.930. The first-order valence-corrected chi connectivity index (χ1v) is 8.68. The third-order valence-corrected chi connectivity index (χ3v) is 4.25. The van der Waals surface area contributed by atoms with Crippen molar-refractivity contribution in [2.24, 2.45) is 0 Å². The van der Waals surface area contributed by atoms with Crippen LogP contribution >= 0.6 is 23.2 Å². The normalized spacial score (nSPS) is 11.7. The quantitative estimate of drug-likeness (QED) is 0.486. The molecule has 27 heavy (non-hydrogen) atoms. The molecule has 2 aromatic heterocycles. The van der Waals surface area contributed by atoms with Crippen LogP contribution in [-0.4, -0.2) is 23.0 Å². The molecule has 0 spiro atoms. The number of anilines is 1. The van der Waals surface area contributed by atoms with E-state index in [9.17, 15) is 9.59 Å². The van der Waals surface area contributed by atoms with Crippen molar-refractivity contribution in [1.82, 2.24) is 4.98 Å². The maximum absolute atomic E-state index is 12.2. The van der Waals surface area contributed by atoms with E-state index in [1.165, 1.54) is 19.2 Å². The fourth-order valence-corrected chi connectivity index (χ4v) is 2.63. The van der Waals surface area contributed by atoms with E-state index in [2.05, 4.69) is 10.3 Å².